The maximum atomic E-state index is 11.9. The maximum Gasteiger partial charge on any atom is 0.183 e. The molecular formula is C10H6N2O2S2. The lowest BCUT2D eigenvalue weighted by molar-refractivity contribution is -0.116. The fourth-order valence-electron chi connectivity index (χ4n) is 1.68. The van der Waals surface area contributed by atoms with Gasteiger partial charge in [-0.15, -0.1) is 22.7 Å². The van der Waals surface area contributed by atoms with Gasteiger partial charge in [0.1, 0.15) is 11.7 Å². The first-order valence-electron chi connectivity index (χ1n) is 4.53. The number of aromatic nitrogens is 2. The van der Waals surface area contributed by atoms with E-state index in [0.717, 1.165) is 9.75 Å². The molecule has 4 nitrogen and oxygen atoms in total. The summed E-state index contributed by atoms with van der Waals surface area (Å²) < 4.78 is 0. The molecule has 3 rings (SSSR count). The number of carbonyl (C=O) groups excluding carboxylic acids is 1. The molecular weight excluding hydrogens is 244 g/mol. The minimum Gasteiger partial charge on any atom is -0.510 e. The van der Waals surface area contributed by atoms with Crippen LogP contribution < -0.4 is 0 Å². The van der Waals surface area contributed by atoms with Gasteiger partial charge in [0.25, 0.3) is 0 Å². The number of hydrogen-bond donors (Lipinski definition) is 1. The van der Waals surface area contributed by atoms with Crippen LogP contribution in [0.4, 0.5) is 0 Å². The van der Waals surface area contributed by atoms with Crippen LogP contribution in [0.5, 0.6) is 0 Å². The van der Waals surface area contributed by atoms with Crippen molar-refractivity contribution in [3.63, 3.8) is 0 Å². The van der Waals surface area contributed by atoms with Gasteiger partial charge in [0.2, 0.25) is 0 Å². The van der Waals surface area contributed by atoms with E-state index in [1.807, 2.05) is 0 Å². The standard InChI is InChI=1S/C10H6N2O2S2/c13-9-7(5-1-11-3-15-5)10(14)8(9)6-2-12-4-16-6/h1-4,7,13H. The minimum atomic E-state index is -0.510. The number of nitrogens with zero attached hydrogens (tertiary/aromatic N) is 2. The molecule has 0 fully saturated rings. The number of ketones is 1. The maximum absolute atomic E-state index is 11.9. The van der Waals surface area contributed by atoms with Gasteiger partial charge in [-0.25, -0.2) is 0 Å². The van der Waals surface area contributed by atoms with Crippen LogP contribution in [0.25, 0.3) is 5.57 Å². The number of thiazole rings is 2. The third-order valence-electron chi connectivity index (χ3n) is 2.45. The molecule has 0 saturated carbocycles. The highest BCUT2D eigenvalue weighted by atomic mass is 32.1. The molecule has 2 aromatic rings. The van der Waals surface area contributed by atoms with Crippen molar-refractivity contribution in [3.05, 3.63) is 38.9 Å². The normalized spacial score (nSPS) is 20.0. The Morgan fingerprint density at radius 3 is 2.50 bits per heavy atom. The monoisotopic (exact) mass is 250 g/mol. The Bertz CT molecular complexity index is 558. The first-order chi connectivity index (χ1) is 7.79. The molecule has 0 amide bonds. The second-order valence-electron chi connectivity index (χ2n) is 3.33. The van der Waals surface area contributed by atoms with E-state index in [1.54, 1.807) is 23.4 Å². The van der Waals surface area contributed by atoms with Gasteiger partial charge in [0, 0.05) is 17.3 Å². The van der Waals surface area contributed by atoms with Crippen molar-refractivity contribution in [3.8, 4) is 0 Å². The molecule has 2 aromatic heterocycles. The van der Waals surface area contributed by atoms with Crippen molar-refractivity contribution in [2.45, 2.75) is 5.92 Å². The molecule has 0 spiro atoms. The molecule has 16 heavy (non-hydrogen) atoms. The van der Waals surface area contributed by atoms with Gasteiger partial charge < -0.3 is 5.11 Å². The summed E-state index contributed by atoms with van der Waals surface area (Å²) in [5, 5.41) is 9.90. The number of carbonyl (C=O) groups is 1. The Kier molecular flexibility index (Phi) is 2.12. The Morgan fingerprint density at radius 1 is 1.19 bits per heavy atom. The molecule has 1 aliphatic rings. The van der Waals surface area contributed by atoms with Crippen LogP contribution in [0, 0.1) is 0 Å². The molecule has 0 radical (unpaired) electrons. The zero-order valence-electron chi connectivity index (χ0n) is 7.95. The van der Waals surface area contributed by atoms with E-state index in [9.17, 15) is 9.90 Å². The average molecular weight is 250 g/mol. The lowest BCUT2D eigenvalue weighted by atomic mass is 9.81. The minimum absolute atomic E-state index is 0.0500. The van der Waals surface area contributed by atoms with E-state index in [2.05, 4.69) is 9.97 Å². The van der Waals surface area contributed by atoms with Crippen molar-refractivity contribution < 1.29 is 9.90 Å². The summed E-state index contributed by atoms with van der Waals surface area (Å²) in [6.07, 6.45) is 3.21. The molecule has 0 saturated heterocycles. The van der Waals surface area contributed by atoms with Crippen LogP contribution in [0.15, 0.2) is 29.2 Å². The summed E-state index contributed by atoms with van der Waals surface area (Å²) in [5.74, 6) is -0.422. The highest BCUT2D eigenvalue weighted by molar-refractivity contribution is 7.11. The predicted molar refractivity (Wildman–Crippen MR) is 61.5 cm³/mol. The fourth-order valence-corrected chi connectivity index (χ4v) is 3.08. The number of aliphatic hydroxyl groups is 1. The van der Waals surface area contributed by atoms with Gasteiger partial charge in [-0.05, 0) is 0 Å². The van der Waals surface area contributed by atoms with E-state index < -0.39 is 5.92 Å². The summed E-state index contributed by atoms with van der Waals surface area (Å²) in [4.78, 5) is 21.2. The van der Waals surface area contributed by atoms with E-state index >= 15 is 0 Å². The average Bonchev–Trinajstić information content (AvgIpc) is 2.91. The fraction of sp³-hybridized carbons (Fsp3) is 0.100. The molecule has 0 aliphatic heterocycles. The lowest BCUT2D eigenvalue weighted by Gasteiger charge is -2.25. The molecule has 2 heterocycles. The van der Waals surface area contributed by atoms with E-state index in [-0.39, 0.29) is 11.5 Å². The summed E-state index contributed by atoms with van der Waals surface area (Å²) in [7, 11) is 0. The number of Topliss-reactive ketones (excluding diaryl/α,β-unsaturated/α-hetero) is 1. The van der Waals surface area contributed by atoms with Gasteiger partial charge in [-0.3, -0.25) is 14.8 Å². The largest absolute Gasteiger partial charge is 0.510 e. The number of aliphatic hydroxyl groups excluding tert-OH is 1. The van der Waals surface area contributed by atoms with Crippen molar-refractivity contribution >= 4 is 34.0 Å². The number of allylic oxidation sites excluding steroid dienone is 2. The van der Waals surface area contributed by atoms with Gasteiger partial charge in [-0.2, -0.15) is 0 Å². The van der Waals surface area contributed by atoms with Gasteiger partial charge in [-0.1, -0.05) is 0 Å². The Morgan fingerprint density at radius 2 is 1.94 bits per heavy atom. The smallest absolute Gasteiger partial charge is 0.183 e. The van der Waals surface area contributed by atoms with Crippen LogP contribution in [0.1, 0.15) is 15.7 Å². The lowest BCUT2D eigenvalue weighted by Crippen LogP contribution is -2.27. The molecule has 6 heteroatoms. The number of rotatable bonds is 2. The molecule has 1 atom stereocenters. The van der Waals surface area contributed by atoms with Crippen LogP contribution in [-0.4, -0.2) is 20.9 Å². The van der Waals surface area contributed by atoms with Crippen molar-refractivity contribution in [1.29, 1.82) is 0 Å². The van der Waals surface area contributed by atoms with Crippen molar-refractivity contribution in [2.24, 2.45) is 0 Å². The molecule has 80 valence electrons. The first kappa shape index (κ1) is 9.68. The van der Waals surface area contributed by atoms with Gasteiger partial charge in [0.05, 0.1) is 21.5 Å². The Hall–Kier alpha value is -1.53. The van der Waals surface area contributed by atoms with Crippen LogP contribution in [0.3, 0.4) is 0 Å². The topological polar surface area (TPSA) is 63.1 Å². The summed E-state index contributed by atoms with van der Waals surface area (Å²) in [6, 6.07) is 0. The summed E-state index contributed by atoms with van der Waals surface area (Å²) >= 11 is 2.73. The van der Waals surface area contributed by atoms with Crippen LogP contribution in [0.2, 0.25) is 0 Å². The van der Waals surface area contributed by atoms with Crippen molar-refractivity contribution in [1.82, 2.24) is 9.97 Å². The van der Waals surface area contributed by atoms with E-state index in [0.29, 0.717) is 5.57 Å². The van der Waals surface area contributed by atoms with E-state index in [1.165, 1.54) is 22.7 Å². The second-order valence-corrected chi connectivity index (χ2v) is 5.13. The number of hydrogen-bond acceptors (Lipinski definition) is 6. The van der Waals surface area contributed by atoms with Gasteiger partial charge in [0.15, 0.2) is 5.78 Å². The zero-order valence-corrected chi connectivity index (χ0v) is 9.59. The molecule has 0 aromatic carbocycles. The quantitative estimate of drug-likeness (QED) is 0.887. The third-order valence-corrected chi connectivity index (χ3v) is 4.08. The predicted octanol–water partition coefficient (Wildman–Crippen LogP) is 2.24. The first-order valence-corrected chi connectivity index (χ1v) is 6.29. The molecule has 0 bridgehead atoms. The SMILES string of the molecule is O=C1C(c2cncs2)=C(O)C1c1cncs1. The Balaban J connectivity index is 2.02. The van der Waals surface area contributed by atoms with Crippen molar-refractivity contribution in [2.75, 3.05) is 0 Å². The summed E-state index contributed by atoms with van der Waals surface area (Å²) in [6.45, 7) is 0. The van der Waals surface area contributed by atoms with Crippen LogP contribution >= 0.6 is 22.7 Å². The highest BCUT2D eigenvalue weighted by Gasteiger charge is 2.42. The highest BCUT2D eigenvalue weighted by Crippen LogP contribution is 2.44. The molecule has 1 unspecified atom stereocenters. The summed E-state index contributed by atoms with van der Waals surface area (Å²) in [5.41, 5.74) is 3.70. The molecule has 1 aliphatic carbocycles. The molecule has 1 N–H and O–H groups in total. The Labute approximate surface area is 98.9 Å². The van der Waals surface area contributed by atoms with Gasteiger partial charge >= 0.3 is 0 Å². The van der Waals surface area contributed by atoms with Crippen LogP contribution in [-0.2, 0) is 4.79 Å². The second kappa shape index (κ2) is 3.50. The zero-order chi connectivity index (χ0) is 11.1. The third kappa shape index (κ3) is 1.23. The van der Waals surface area contributed by atoms with E-state index in [4.69, 9.17) is 0 Å².